The molecule has 0 saturated carbocycles. The van der Waals surface area contributed by atoms with Crippen molar-refractivity contribution in [3.8, 4) is 0 Å². The van der Waals surface area contributed by atoms with E-state index in [-0.39, 0.29) is 18.9 Å². The Hall–Kier alpha value is -1.41. The van der Waals surface area contributed by atoms with Gasteiger partial charge in [0.15, 0.2) is 0 Å². The molecule has 0 saturated heterocycles. The molecule has 0 aliphatic heterocycles. The molecule has 0 aliphatic carbocycles. The lowest BCUT2D eigenvalue weighted by Gasteiger charge is -2.15. The first-order chi connectivity index (χ1) is 9.24. The third-order valence-electron chi connectivity index (χ3n) is 2.63. The molecule has 1 rings (SSSR count). The van der Waals surface area contributed by atoms with Crippen LogP contribution in [-0.2, 0) is 11.2 Å². The summed E-state index contributed by atoms with van der Waals surface area (Å²) in [6.45, 7) is 4.43. The summed E-state index contributed by atoms with van der Waals surface area (Å²) >= 11 is 0. The largest absolute Gasteiger partial charge is 0.411 e. The maximum absolute atomic E-state index is 11.9. The van der Waals surface area contributed by atoms with Gasteiger partial charge in [-0.1, -0.05) is 13.8 Å². The molecule has 114 valence electrons. The third kappa shape index (κ3) is 4.93. The van der Waals surface area contributed by atoms with E-state index in [1.54, 1.807) is 0 Å². The van der Waals surface area contributed by atoms with Crippen molar-refractivity contribution in [1.29, 1.82) is 0 Å². The number of nitrogens with two attached hydrogens (primary N) is 1. The highest BCUT2D eigenvalue weighted by molar-refractivity contribution is 5.47. The van der Waals surface area contributed by atoms with Crippen LogP contribution in [0.3, 0.4) is 0 Å². The summed E-state index contributed by atoms with van der Waals surface area (Å²) < 4.78 is 40.3. The van der Waals surface area contributed by atoms with Crippen LogP contribution in [0.1, 0.15) is 36.8 Å². The molecule has 0 spiro atoms. The summed E-state index contributed by atoms with van der Waals surface area (Å²) in [6.07, 6.45) is -4.12. The fourth-order valence-electron chi connectivity index (χ4n) is 1.90. The average molecular weight is 292 g/mol. The van der Waals surface area contributed by atoms with E-state index in [1.165, 1.54) is 0 Å². The van der Waals surface area contributed by atoms with Crippen LogP contribution in [-0.4, -0.2) is 29.4 Å². The second-order valence-corrected chi connectivity index (χ2v) is 4.70. The van der Waals surface area contributed by atoms with Gasteiger partial charge >= 0.3 is 6.18 Å². The normalized spacial score (nSPS) is 12.0. The first-order valence-electron chi connectivity index (χ1n) is 6.23. The molecule has 1 aromatic heterocycles. The highest BCUT2D eigenvalue weighted by atomic mass is 19.4. The van der Waals surface area contributed by atoms with Crippen molar-refractivity contribution in [3.63, 3.8) is 0 Å². The minimum Gasteiger partial charge on any atom is -0.372 e. The fraction of sp³-hybridized carbons (Fsp3) is 0.667. The van der Waals surface area contributed by atoms with E-state index in [2.05, 4.69) is 20.1 Å². The smallest absolute Gasteiger partial charge is 0.372 e. The average Bonchev–Trinajstić information content (AvgIpc) is 2.32. The summed E-state index contributed by atoms with van der Waals surface area (Å²) in [5.41, 5.74) is 4.15. The zero-order valence-electron chi connectivity index (χ0n) is 11.7. The SMILES string of the molecule is Cc1nc(CCOCC(F)(F)F)nc(NN)c1C(C)C. The van der Waals surface area contributed by atoms with Crippen molar-refractivity contribution in [2.45, 2.75) is 39.3 Å². The van der Waals surface area contributed by atoms with Gasteiger partial charge < -0.3 is 10.2 Å². The number of anilines is 1. The number of aryl methyl sites for hydroxylation is 1. The van der Waals surface area contributed by atoms with E-state index >= 15 is 0 Å². The molecule has 1 aromatic rings. The van der Waals surface area contributed by atoms with Crippen molar-refractivity contribution in [1.82, 2.24) is 9.97 Å². The quantitative estimate of drug-likeness (QED) is 0.478. The van der Waals surface area contributed by atoms with Crippen molar-refractivity contribution in [3.05, 3.63) is 17.1 Å². The van der Waals surface area contributed by atoms with Crippen LogP contribution in [0.4, 0.5) is 19.0 Å². The minimum absolute atomic E-state index is 0.0933. The molecule has 0 aromatic carbocycles. The van der Waals surface area contributed by atoms with Gasteiger partial charge in [-0.15, -0.1) is 0 Å². The minimum atomic E-state index is -4.32. The summed E-state index contributed by atoms with van der Waals surface area (Å²) in [5, 5.41) is 0. The Morgan fingerprint density at radius 2 is 1.95 bits per heavy atom. The fourth-order valence-corrected chi connectivity index (χ4v) is 1.90. The molecule has 1 heterocycles. The summed E-state index contributed by atoms with van der Waals surface area (Å²) in [4.78, 5) is 8.47. The van der Waals surface area contributed by atoms with Crippen LogP contribution in [0.25, 0.3) is 0 Å². The Labute approximate surface area is 115 Å². The van der Waals surface area contributed by atoms with Gasteiger partial charge in [0, 0.05) is 17.7 Å². The van der Waals surface area contributed by atoms with Crippen LogP contribution in [0, 0.1) is 6.92 Å². The van der Waals surface area contributed by atoms with E-state index in [0.29, 0.717) is 11.6 Å². The first-order valence-corrected chi connectivity index (χ1v) is 6.23. The number of ether oxygens (including phenoxy) is 1. The van der Waals surface area contributed by atoms with Gasteiger partial charge in [-0.05, 0) is 12.8 Å². The number of rotatable bonds is 6. The van der Waals surface area contributed by atoms with Gasteiger partial charge in [0.25, 0.3) is 0 Å². The van der Waals surface area contributed by atoms with E-state index in [4.69, 9.17) is 5.84 Å². The van der Waals surface area contributed by atoms with Crippen LogP contribution < -0.4 is 11.3 Å². The maximum atomic E-state index is 11.9. The Morgan fingerprint density at radius 3 is 2.45 bits per heavy atom. The number of nitrogens with zero attached hydrogens (tertiary/aromatic N) is 2. The molecule has 0 radical (unpaired) electrons. The highest BCUT2D eigenvalue weighted by Gasteiger charge is 2.27. The lowest BCUT2D eigenvalue weighted by atomic mass is 10.0. The van der Waals surface area contributed by atoms with Gasteiger partial charge in [-0.2, -0.15) is 13.2 Å². The number of halogens is 3. The first kappa shape index (κ1) is 16.6. The zero-order valence-corrected chi connectivity index (χ0v) is 11.7. The summed E-state index contributed by atoms with van der Waals surface area (Å²) in [5.74, 6) is 6.51. The standard InChI is InChI=1S/C12H19F3N4O/c1-7(2)10-8(3)17-9(18-11(10)19-16)4-5-20-6-12(13,14)15/h7H,4-6,16H2,1-3H3,(H,17,18,19). The zero-order chi connectivity index (χ0) is 15.3. The Kier molecular flexibility index (Phi) is 5.70. The third-order valence-corrected chi connectivity index (χ3v) is 2.63. The van der Waals surface area contributed by atoms with Crippen LogP contribution in [0.2, 0.25) is 0 Å². The van der Waals surface area contributed by atoms with Crippen molar-refractivity contribution < 1.29 is 17.9 Å². The van der Waals surface area contributed by atoms with E-state index in [0.717, 1.165) is 11.3 Å². The van der Waals surface area contributed by atoms with Gasteiger partial charge in [0.05, 0.1) is 6.61 Å². The number of nitrogens with one attached hydrogen (secondary N) is 1. The van der Waals surface area contributed by atoms with Gasteiger partial charge in [0.2, 0.25) is 0 Å². The predicted molar refractivity (Wildman–Crippen MR) is 69.2 cm³/mol. The molecule has 0 atom stereocenters. The Bertz CT molecular complexity index is 449. The summed E-state index contributed by atoms with van der Waals surface area (Å²) in [6, 6.07) is 0. The van der Waals surface area contributed by atoms with E-state index < -0.39 is 12.8 Å². The van der Waals surface area contributed by atoms with Crippen LogP contribution >= 0.6 is 0 Å². The second-order valence-electron chi connectivity index (χ2n) is 4.70. The number of alkyl halides is 3. The summed E-state index contributed by atoms with van der Waals surface area (Å²) in [7, 11) is 0. The van der Waals surface area contributed by atoms with Crippen molar-refractivity contribution in [2.75, 3.05) is 18.6 Å². The van der Waals surface area contributed by atoms with E-state index in [1.807, 2.05) is 20.8 Å². The molecule has 0 aliphatic rings. The van der Waals surface area contributed by atoms with Gasteiger partial charge in [-0.25, -0.2) is 15.8 Å². The lowest BCUT2D eigenvalue weighted by Crippen LogP contribution is -2.19. The maximum Gasteiger partial charge on any atom is 0.411 e. The molecular formula is C12H19F3N4O. The number of hydrazine groups is 1. The molecule has 20 heavy (non-hydrogen) atoms. The molecule has 0 amide bonds. The van der Waals surface area contributed by atoms with Gasteiger partial charge in [0.1, 0.15) is 18.2 Å². The molecule has 8 heteroatoms. The topological polar surface area (TPSA) is 73.1 Å². The molecule has 3 N–H and O–H groups in total. The second kappa shape index (κ2) is 6.85. The predicted octanol–water partition coefficient (Wildman–Crippen LogP) is 2.32. The highest BCUT2D eigenvalue weighted by Crippen LogP contribution is 2.24. The molecule has 0 fully saturated rings. The van der Waals surface area contributed by atoms with Crippen LogP contribution in [0.15, 0.2) is 0 Å². The Morgan fingerprint density at radius 1 is 1.30 bits per heavy atom. The lowest BCUT2D eigenvalue weighted by molar-refractivity contribution is -0.173. The monoisotopic (exact) mass is 292 g/mol. The van der Waals surface area contributed by atoms with Gasteiger partial charge in [-0.3, -0.25) is 0 Å². The molecule has 0 unspecified atom stereocenters. The molecular weight excluding hydrogens is 273 g/mol. The number of aromatic nitrogens is 2. The molecule has 5 nitrogen and oxygen atoms in total. The van der Waals surface area contributed by atoms with Crippen LogP contribution in [0.5, 0.6) is 0 Å². The van der Waals surface area contributed by atoms with Crippen molar-refractivity contribution in [2.24, 2.45) is 5.84 Å². The number of hydrogen-bond acceptors (Lipinski definition) is 5. The van der Waals surface area contributed by atoms with Crippen molar-refractivity contribution >= 4 is 5.82 Å². The van der Waals surface area contributed by atoms with E-state index in [9.17, 15) is 13.2 Å². The number of nitrogen functional groups attached to an aromatic ring is 1. The Balaban J connectivity index is 2.71. The number of hydrogen-bond donors (Lipinski definition) is 2. The molecule has 0 bridgehead atoms.